The van der Waals surface area contributed by atoms with Crippen LogP contribution in [0.4, 0.5) is 11.4 Å². The first kappa shape index (κ1) is 47.4. The molecule has 0 aromatic heterocycles. The molecule has 0 spiro atoms. The van der Waals surface area contributed by atoms with Gasteiger partial charge in [-0.3, -0.25) is 9.59 Å². The summed E-state index contributed by atoms with van der Waals surface area (Å²) in [6.07, 6.45) is 5.53. The molecule has 0 amide bonds. The predicted molar refractivity (Wildman–Crippen MR) is 260 cm³/mol. The van der Waals surface area contributed by atoms with Gasteiger partial charge in [0.05, 0.1) is 30.5 Å². The normalized spacial score (nSPS) is 14.1. The van der Waals surface area contributed by atoms with E-state index in [-0.39, 0.29) is 81.4 Å². The first-order valence-electron chi connectivity index (χ1n) is 22.6. The number of para-hydroxylation sites is 1. The van der Waals surface area contributed by atoms with Gasteiger partial charge in [-0.1, -0.05) is 70.9 Å². The molecule has 0 bridgehead atoms. The second kappa shape index (κ2) is 20.3. The molecule has 0 saturated heterocycles. The number of carbonyl (C=O) groups excluding carboxylic acids is 2. The number of nitrogens with zero attached hydrogens (tertiary/aromatic N) is 6. The number of aliphatic hydroxyl groups excluding tert-OH is 2. The third-order valence-corrected chi connectivity index (χ3v) is 12.5. The van der Waals surface area contributed by atoms with Crippen molar-refractivity contribution in [3.8, 4) is 35.8 Å². The minimum atomic E-state index is -0.766. The van der Waals surface area contributed by atoms with Gasteiger partial charge in [-0.2, -0.15) is 21.0 Å². The number of aliphatic hydroxyl groups is 2. The molecule has 0 fully saturated rings. The fourth-order valence-electron chi connectivity index (χ4n) is 9.01. The number of ether oxygens (including phenoxy) is 2. The molecule has 0 radical (unpaired) electrons. The molecule has 68 heavy (non-hydrogen) atoms. The highest BCUT2D eigenvalue weighted by molar-refractivity contribution is 6.06. The monoisotopic (exact) mass is 906 g/mol. The Morgan fingerprint density at radius 3 is 1.91 bits per heavy atom. The summed E-state index contributed by atoms with van der Waals surface area (Å²) in [5.74, 6) is -1.57. The Labute approximate surface area is 394 Å². The summed E-state index contributed by atoms with van der Waals surface area (Å²) in [4.78, 5) is 30.6. The summed E-state index contributed by atoms with van der Waals surface area (Å²) in [5, 5.41) is 74.0. The number of carbonyl (C=O) groups is 2. The number of aromatic hydroxyl groups is 1. The predicted octanol–water partition coefficient (Wildman–Crippen LogP) is 9.21. The molecule has 13 nitrogen and oxygen atoms in total. The number of anilines is 2. The number of nitriles is 4. The van der Waals surface area contributed by atoms with Crippen molar-refractivity contribution < 1.29 is 34.4 Å². The zero-order valence-corrected chi connectivity index (χ0v) is 38.4. The van der Waals surface area contributed by atoms with Crippen molar-refractivity contribution in [3.63, 3.8) is 0 Å². The smallest absolute Gasteiger partial charge is 0.311 e. The van der Waals surface area contributed by atoms with Crippen molar-refractivity contribution in [1.82, 2.24) is 0 Å². The van der Waals surface area contributed by atoms with E-state index in [1.807, 2.05) is 77.7 Å². The molecule has 1 heterocycles. The van der Waals surface area contributed by atoms with Crippen molar-refractivity contribution in [3.05, 3.63) is 135 Å². The largest absolute Gasteiger partial charge is 0.508 e. The van der Waals surface area contributed by atoms with Gasteiger partial charge in [-0.15, -0.1) is 0 Å². The number of allylic oxidation sites excluding steroid dienone is 3. The Kier molecular flexibility index (Phi) is 14.2. The number of phenols is 1. The van der Waals surface area contributed by atoms with Crippen molar-refractivity contribution in [1.29, 1.82) is 21.0 Å². The molecule has 342 valence electrons. The fourth-order valence-corrected chi connectivity index (χ4v) is 9.01. The zero-order chi connectivity index (χ0) is 48.7. The van der Waals surface area contributed by atoms with Crippen LogP contribution in [0.15, 0.2) is 114 Å². The van der Waals surface area contributed by atoms with Gasteiger partial charge in [0.15, 0.2) is 0 Å². The van der Waals surface area contributed by atoms with E-state index in [1.165, 1.54) is 36.4 Å². The van der Waals surface area contributed by atoms with Gasteiger partial charge in [-0.05, 0) is 106 Å². The molecule has 1 aliphatic heterocycles. The number of hydrogen-bond donors (Lipinski definition) is 3. The van der Waals surface area contributed by atoms with Gasteiger partial charge < -0.3 is 34.6 Å². The maximum absolute atomic E-state index is 13.1. The van der Waals surface area contributed by atoms with Crippen LogP contribution in [0, 0.1) is 45.3 Å². The summed E-state index contributed by atoms with van der Waals surface area (Å²) in [7, 11) is 0. The van der Waals surface area contributed by atoms with Crippen molar-refractivity contribution in [2.24, 2.45) is 0 Å². The molecule has 7 rings (SSSR count). The standard InChI is InChI=1S/C55H50N6O7/c1-5-7-23-60(24-8-6-2)37-15-13-34(14-16-37)52-53(65)44(54(52)66)29-47-55(3,4)45-11-9-10-12-46(45)61(47)25-26-67-48(63)21-22-49(64)68-39-18-20-41-43(28-39)51(36(32-58)33-59)40-19-17-38(62)27-42(40)50(41)35(30-56)31-57/h9-20,27-29,62,65-66H,5-8,21-26H2,1-4H3/b47-29+. The number of rotatable bonds is 16. The summed E-state index contributed by atoms with van der Waals surface area (Å²) < 4.78 is 11.2. The lowest BCUT2D eigenvalue weighted by molar-refractivity contribution is -0.146. The van der Waals surface area contributed by atoms with Crippen LogP contribution in [-0.4, -0.2) is 53.5 Å². The average Bonchev–Trinajstić information content (AvgIpc) is 3.55. The van der Waals surface area contributed by atoms with E-state index in [9.17, 15) is 46.0 Å². The Morgan fingerprint density at radius 2 is 1.31 bits per heavy atom. The highest BCUT2D eigenvalue weighted by Crippen LogP contribution is 2.50. The van der Waals surface area contributed by atoms with E-state index in [1.54, 1.807) is 6.08 Å². The van der Waals surface area contributed by atoms with Crippen LogP contribution in [0.5, 0.6) is 11.5 Å². The number of phenolic OH excluding ortho intramolecular Hbond substituents is 1. The molecule has 0 unspecified atom stereocenters. The molecule has 5 aromatic carbocycles. The molecule has 1 aliphatic carbocycles. The minimum Gasteiger partial charge on any atom is -0.508 e. The van der Waals surface area contributed by atoms with Crippen molar-refractivity contribution in [2.45, 2.75) is 71.6 Å². The molecular weight excluding hydrogens is 857 g/mol. The zero-order valence-electron chi connectivity index (χ0n) is 38.4. The lowest BCUT2D eigenvalue weighted by atomic mass is 9.81. The third-order valence-electron chi connectivity index (χ3n) is 12.5. The Morgan fingerprint density at radius 1 is 0.721 bits per heavy atom. The number of fused-ring (bicyclic) bond motifs is 3. The SMILES string of the molecule is CCCCN(CCCC)c1ccc(C2=C(O)C(/C=C3/N(CCOC(=O)CCC(=O)Oc4ccc5c(=C(C#N)C#N)c6cc(O)ccc6c(=C(C#N)C#N)c5c4)c4ccccc4C3(C)C)=C2O)cc1. The van der Waals surface area contributed by atoms with E-state index in [0.29, 0.717) is 27.5 Å². The Balaban J connectivity index is 1.04. The number of esters is 2. The number of benzene rings is 5. The minimum absolute atomic E-state index is 0.0110. The first-order chi connectivity index (χ1) is 32.8. The Bertz CT molecular complexity index is 3220. The summed E-state index contributed by atoms with van der Waals surface area (Å²) in [6, 6.07) is 31.8. The van der Waals surface area contributed by atoms with Gasteiger partial charge in [-0.25, -0.2) is 0 Å². The van der Waals surface area contributed by atoms with E-state index in [4.69, 9.17) is 9.47 Å². The van der Waals surface area contributed by atoms with Crippen LogP contribution in [-0.2, 0) is 19.7 Å². The second-order valence-electron chi connectivity index (χ2n) is 17.1. The van der Waals surface area contributed by atoms with Gasteiger partial charge in [0.2, 0.25) is 0 Å². The van der Waals surface area contributed by atoms with Crippen LogP contribution in [0.1, 0.15) is 77.3 Å². The highest BCUT2D eigenvalue weighted by atomic mass is 16.5. The van der Waals surface area contributed by atoms with E-state index in [2.05, 4.69) is 32.6 Å². The van der Waals surface area contributed by atoms with Crippen LogP contribution >= 0.6 is 0 Å². The molecule has 5 aromatic rings. The summed E-state index contributed by atoms with van der Waals surface area (Å²) in [6.45, 7) is 10.6. The number of hydrogen-bond acceptors (Lipinski definition) is 13. The first-order valence-corrected chi connectivity index (χ1v) is 22.6. The van der Waals surface area contributed by atoms with Crippen molar-refractivity contribution >= 4 is 61.6 Å². The molecular formula is C55H50N6O7. The summed E-state index contributed by atoms with van der Waals surface area (Å²) in [5.41, 5.74) is 4.09. The van der Waals surface area contributed by atoms with E-state index < -0.39 is 17.4 Å². The van der Waals surface area contributed by atoms with Gasteiger partial charge >= 0.3 is 11.9 Å². The molecule has 3 N–H and O–H groups in total. The molecule has 2 aliphatic rings. The summed E-state index contributed by atoms with van der Waals surface area (Å²) >= 11 is 0. The van der Waals surface area contributed by atoms with Crippen LogP contribution in [0.3, 0.4) is 0 Å². The van der Waals surface area contributed by atoms with Gasteiger partial charge in [0, 0.05) is 46.0 Å². The molecule has 0 saturated carbocycles. The lowest BCUT2D eigenvalue weighted by Crippen LogP contribution is -2.30. The quantitative estimate of drug-likeness (QED) is 0.0479. The van der Waals surface area contributed by atoms with Crippen LogP contribution in [0.2, 0.25) is 0 Å². The third kappa shape index (κ3) is 9.16. The van der Waals surface area contributed by atoms with Crippen molar-refractivity contribution in [2.75, 3.05) is 36.0 Å². The van der Waals surface area contributed by atoms with Crippen LogP contribution in [0.25, 0.3) is 38.3 Å². The highest BCUT2D eigenvalue weighted by Gasteiger charge is 2.41. The maximum Gasteiger partial charge on any atom is 0.311 e. The van der Waals surface area contributed by atoms with Crippen LogP contribution < -0.4 is 25.0 Å². The maximum atomic E-state index is 13.1. The average molecular weight is 907 g/mol. The second-order valence-corrected chi connectivity index (χ2v) is 17.1. The lowest BCUT2D eigenvalue weighted by Gasteiger charge is -2.30. The van der Waals surface area contributed by atoms with E-state index in [0.717, 1.165) is 61.4 Å². The van der Waals surface area contributed by atoms with E-state index >= 15 is 0 Å². The number of unbranched alkanes of at least 4 members (excludes halogenated alkanes) is 2. The Hall–Kier alpha value is -8.52. The topological polar surface area (TPSA) is 215 Å². The molecule has 0 atom stereocenters. The molecule has 13 heteroatoms. The van der Waals surface area contributed by atoms with Gasteiger partial charge in [0.25, 0.3) is 0 Å². The van der Waals surface area contributed by atoms with Gasteiger partial charge in [0.1, 0.15) is 65.0 Å². The fraction of sp³-hybridized carbons (Fsp3) is 0.273.